The van der Waals surface area contributed by atoms with Crippen LogP contribution in [0.5, 0.6) is 0 Å². The summed E-state index contributed by atoms with van der Waals surface area (Å²) in [5.41, 5.74) is 5.92. The average molecular weight is 195 g/mol. The van der Waals surface area contributed by atoms with Crippen molar-refractivity contribution >= 4 is 5.82 Å². The maximum absolute atomic E-state index is 5.92. The topological polar surface area (TPSA) is 60.0 Å². The van der Waals surface area contributed by atoms with Crippen LogP contribution in [0, 0.1) is 0 Å². The standard InChI is InChI=1S/C9H17N5/c1-13-9(7-11-12-13)14-5-2-3-8(10)4-6-14/h7-8H,2-6,10H2,1H3. The van der Waals surface area contributed by atoms with E-state index < -0.39 is 0 Å². The summed E-state index contributed by atoms with van der Waals surface area (Å²) >= 11 is 0. The maximum Gasteiger partial charge on any atom is 0.147 e. The van der Waals surface area contributed by atoms with E-state index in [0.717, 1.165) is 38.2 Å². The second-order valence-electron chi connectivity index (χ2n) is 3.89. The average Bonchev–Trinajstić information content (AvgIpc) is 2.46. The number of nitrogens with zero attached hydrogens (tertiary/aromatic N) is 4. The Bertz CT molecular complexity index is 295. The molecule has 0 saturated carbocycles. The summed E-state index contributed by atoms with van der Waals surface area (Å²) in [6.07, 6.45) is 5.16. The predicted octanol–water partition coefficient (Wildman–Crippen LogP) is 0.133. The molecule has 2 N–H and O–H groups in total. The molecule has 0 radical (unpaired) electrons. The van der Waals surface area contributed by atoms with E-state index in [1.54, 1.807) is 0 Å². The minimum Gasteiger partial charge on any atom is -0.355 e. The van der Waals surface area contributed by atoms with Gasteiger partial charge in [-0.1, -0.05) is 5.21 Å². The molecule has 0 amide bonds. The number of nitrogens with two attached hydrogens (primary N) is 1. The van der Waals surface area contributed by atoms with Crippen molar-refractivity contribution in [1.29, 1.82) is 0 Å². The van der Waals surface area contributed by atoms with Gasteiger partial charge in [-0.2, -0.15) is 0 Å². The second-order valence-corrected chi connectivity index (χ2v) is 3.89. The van der Waals surface area contributed by atoms with Gasteiger partial charge in [0.2, 0.25) is 0 Å². The van der Waals surface area contributed by atoms with Crippen molar-refractivity contribution in [3.8, 4) is 0 Å². The lowest BCUT2D eigenvalue weighted by molar-refractivity contribution is 0.601. The SMILES string of the molecule is Cn1nncc1N1CCCC(N)CC1. The Kier molecular flexibility index (Phi) is 2.67. The van der Waals surface area contributed by atoms with E-state index in [0.29, 0.717) is 6.04 Å². The van der Waals surface area contributed by atoms with Crippen LogP contribution in [0.3, 0.4) is 0 Å². The van der Waals surface area contributed by atoms with Gasteiger partial charge in [0, 0.05) is 26.2 Å². The van der Waals surface area contributed by atoms with Gasteiger partial charge in [0.05, 0.1) is 6.20 Å². The van der Waals surface area contributed by atoms with Crippen LogP contribution < -0.4 is 10.6 Å². The van der Waals surface area contributed by atoms with E-state index in [2.05, 4.69) is 15.2 Å². The van der Waals surface area contributed by atoms with Crippen LogP contribution in [0.2, 0.25) is 0 Å². The molecule has 1 saturated heterocycles. The third-order valence-corrected chi connectivity index (χ3v) is 2.79. The molecule has 1 fully saturated rings. The fourth-order valence-corrected chi connectivity index (χ4v) is 1.92. The Hall–Kier alpha value is -1.10. The highest BCUT2D eigenvalue weighted by Gasteiger charge is 2.16. The minimum atomic E-state index is 0.362. The summed E-state index contributed by atoms with van der Waals surface area (Å²) in [6, 6.07) is 0.362. The summed E-state index contributed by atoms with van der Waals surface area (Å²) < 4.78 is 1.82. The number of hydrogen-bond acceptors (Lipinski definition) is 4. The lowest BCUT2D eigenvalue weighted by Crippen LogP contribution is -2.27. The Morgan fingerprint density at radius 2 is 2.29 bits per heavy atom. The van der Waals surface area contributed by atoms with Crippen LogP contribution >= 0.6 is 0 Å². The molecule has 5 nitrogen and oxygen atoms in total. The highest BCUT2D eigenvalue weighted by atomic mass is 15.5. The van der Waals surface area contributed by atoms with Gasteiger partial charge in [0.15, 0.2) is 0 Å². The van der Waals surface area contributed by atoms with E-state index in [1.807, 2.05) is 17.9 Å². The van der Waals surface area contributed by atoms with Gasteiger partial charge >= 0.3 is 0 Å². The van der Waals surface area contributed by atoms with Gasteiger partial charge in [-0.25, -0.2) is 4.68 Å². The molecule has 1 aromatic heterocycles. The van der Waals surface area contributed by atoms with Crippen LogP contribution in [-0.2, 0) is 7.05 Å². The van der Waals surface area contributed by atoms with Gasteiger partial charge in [0.25, 0.3) is 0 Å². The molecule has 1 atom stereocenters. The Labute approximate surface area is 83.9 Å². The van der Waals surface area contributed by atoms with E-state index in [1.165, 1.54) is 0 Å². The van der Waals surface area contributed by atoms with Crippen LogP contribution in [0.25, 0.3) is 0 Å². The van der Waals surface area contributed by atoms with Crippen LogP contribution in [0.4, 0.5) is 5.82 Å². The third kappa shape index (κ3) is 1.87. The Morgan fingerprint density at radius 3 is 3.00 bits per heavy atom. The molecule has 0 spiro atoms. The molecule has 2 heterocycles. The van der Waals surface area contributed by atoms with E-state index in [9.17, 15) is 0 Å². The first kappa shape index (κ1) is 9.45. The normalized spacial score (nSPS) is 23.6. The summed E-state index contributed by atoms with van der Waals surface area (Å²) in [4.78, 5) is 2.31. The molecule has 1 aromatic rings. The van der Waals surface area contributed by atoms with E-state index >= 15 is 0 Å². The molecule has 1 aliphatic heterocycles. The summed E-state index contributed by atoms with van der Waals surface area (Å²) in [6.45, 7) is 2.08. The zero-order valence-corrected chi connectivity index (χ0v) is 8.56. The Balaban J connectivity index is 2.08. The molecule has 5 heteroatoms. The first-order chi connectivity index (χ1) is 6.77. The number of rotatable bonds is 1. The Morgan fingerprint density at radius 1 is 1.43 bits per heavy atom. The zero-order chi connectivity index (χ0) is 9.97. The lowest BCUT2D eigenvalue weighted by atomic mass is 10.1. The molecular formula is C9H17N5. The fourth-order valence-electron chi connectivity index (χ4n) is 1.92. The third-order valence-electron chi connectivity index (χ3n) is 2.79. The van der Waals surface area contributed by atoms with Crippen LogP contribution in [-0.4, -0.2) is 34.1 Å². The first-order valence-corrected chi connectivity index (χ1v) is 5.12. The fraction of sp³-hybridized carbons (Fsp3) is 0.778. The smallest absolute Gasteiger partial charge is 0.147 e. The summed E-state index contributed by atoms with van der Waals surface area (Å²) in [7, 11) is 1.92. The van der Waals surface area contributed by atoms with Crippen molar-refractivity contribution in [2.75, 3.05) is 18.0 Å². The summed E-state index contributed by atoms with van der Waals surface area (Å²) in [5.74, 6) is 1.10. The van der Waals surface area contributed by atoms with Gasteiger partial charge in [-0.05, 0) is 19.3 Å². The predicted molar refractivity (Wildman–Crippen MR) is 55.0 cm³/mol. The molecule has 1 aliphatic rings. The molecule has 1 unspecified atom stereocenters. The van der Waals surface area contributed by atoms with Crippen molar-refractivity contribution in [2.24, 2.45) is 12.8 Å². The number of hydrogen-bond donors (Lipinski definition) is 1. The quantitative estimate of drug-likeness (QED) is 0.692. The van der Waals surface area contributed by atoms with Crippen molar-refractivity contribution in [3.63, 3.8) is 0 Å². The van der Waals surface area contributed by atoms with Crippen molar-refractivity contribution in [2.45, 2.75) is 25.3 Å². The van der Waals surface area contributed by atoms with Gasteiger partial charge in [-0.15, -0.1) is 5.10 Å². The molecule has 0 aromatic carbocycles. The van der Waals surface area contributed by atoms with E-state index in [-0.39, 0.29) is 0 Å². The maximum atomic E-state index is 5.92. The van der Waals surface area contributed by atoms with E-state index in [4.69, 9.17) is 5.73 Å². The molecular weight excluding hydrogens is 178 g/mol. The lowest BCUT2D eigenvalue weighted by Gasteiger charge is -2.21. The van der Waals surface area contributed by atoms with Crippen molar-refractivity contribution < 1.29 is 0 Å². The number of aryl methyl sites for hydroxylation is 1. The van der Waals surface area contributed by atoms with Crippen molar-refractivity contribution in [3.05, 3.63) is 6.20 Å². The minimum absolute atomic E-state index is 0.362. The number of anilines is 1. The molecule has 2 rings (SSSR count). The van der Waals surface area contributed by atoms with Crippen LogP contribution in [0.1, 0.15) is 19.3 Å². The highest BCUT2D eigenvalue weighted by molar-refractivity contribution is 5.35. The first-order valence-electron chi connectivity index (χ1n) is 5.12. The van der Waals surface area contributed by atoms with Gasteiger partial charge in [-0.3, -0.25) is 0 Å². The number of aromatic nitrogens is 3. The van der Waals surface area contributed by atoms with Crippen LogP contribution in [0.15, 0.2) is 6.20 Å². The van der Waals surface area contributed by atoms with Crippen molar-refractivity contribution in [1.82, 2.24) is 15.0 Å². The largest absolute Gasteiger partial charge is 0.355 e. The molecule has 14 heavy (non-hydrogen) atoms. The van der Waals surface area contributed by atoms with Gasteiger partial charge < -0.3 is 10.6 Å². The van der Waals surface area contributed by atoms with Gasteiger partial charge in [0.1, 0.15) is 5.82 Å². The molecule has 0 aliphatic carbocycles. The zero-order valence-electron chi connectivity index (χ0n) is 8.56. The molecule has 0 bridgehead atoms. The summed E-state index contributed by atoms with van der Waals surface area (Å²) in [5, 5.41) is 7.82. The highest BCUT2D eigenvalue weighted by Crippen LogP contribution is 2.16. The molecule has 78 valence electrons. The monoisotopic (exact) mass is 195 g/mol. The second kappa shape index (κ2) is 3.96.